The monoisotopic (exact) mass is 1120 g/mol. The van der Waals surface area contributed by atoms with E-state index in [4.69, 9.17) is 47.7 Å². The highest BCUT2D eigenvalue weighted by Crippen LogP contribution is 2.60. The molecule has 6 fully saturated rings. The third-order valence-electron chi connectivity index (χ3n) is 20.3. The van der Waals surface area contributed by atoms with Crippen molar-refractivity contribution in [2.75, 3.05) is 18.6 Å². The van der Waals surface area contributed by atoms with Crippen LogP contribution in [-0.2, 0) is 13.9 Å². The average molecular weight is 1130 g/mol. The minimum atomic E-state index is -1.74. The molecule has 0 saturated heterocycles. The van der Waals surface area contributed by atoms with Crippen molar-refractivity contribution >= 4 is 39.8 Å². The number of halogens is 2. The van der Waals surface area contributed by atoms with E-state index in [1.54, 1.807) is 5.57 Å². The molecular formula is C63H114Cl2O8Si2. The van der Waals surface area contributed by atoms with Gasteiger partial charge in [0, 0.05) is 18.8 Å². The van der Waals surface area contributed by atoms with Gasteiger partial charge in [-0.1, -0.05) is 162 Å². The first-order valence-electron chi connectivity index (χ1n) is 29.2. The van der Waals surface area contributed by atoms with Gasteiger partial charge in [-0.2, -0.15) is 0 Å². The van der Waals surface area contributed by atoms with Crippen LogP contribution in [0.5, 0.6) is 0 Å². The van der Waals surface area contributed by atoms with Crippen LogP contribution in [0.25, 0.3) is 0 Å². The first kappa shape index (κ1) is 70.2. The molecule has 75 heavy (non-hydrogen) atoms. The fourth-order valence-electron chi connectivity index (χ4n) is 13.2. The average Bonchev–Trinajstić information content (AvgIpc) is 3.87. The Balaban J connectivity index is 0.000000408. The number of fused-ring (bicyclic) bond motifs is 2. The molecule has 12 atom stereocenters. The van der Waals surface area contributed by atoms with Crippen molar-refractivity contribution in [3.63, 3.8) is 0 Å². The molecule has 6 aliphatic rings. The molecule has 8 nitrogen and oxygen atoms in total. The molecule has 0 aromatic rings. The van der Waals surface area contributed by atoms with Gasteiger partial charge in [-0.3, -0.25) is 0 Å². The molecule has 0 heterocycles. The molecule has 0 amide bonds. The van der Waals surface area contributed by atoms with Crippen molar-refractivity contribution in [3.8, 4) is 0 Å². The summed E-state index contributed by atoms with van der Waals surface area (Å²) in [6, 6.07) is 0. The van der Waals surface area contributed by atoms with Crippen molar-refractivity contribution in [1.29, 1.82) is 0 Å². The van der Waals surface area contributed by atoms with E-state index in [0.29, 0.717) is 59.2 Å². The summed E-state index contributed by atoms with van der Waals surface area (Å²) in [6.07, 6.45) is 31.2. The van der Waals surface area contributed by atoms with Crippen molar-refractivity contribution in [2.24, 2.45) is 58.2 Å². The van der Waals surface area contributed by atoms with E-state index in [0.717, 1.165) is 75.5 Å². The van der Waals surface area contributed by atoms with Crippen molar-refractivity contribution in [1.82, 2.24) is 0 Å². The third-order valence-corrected chi connectivity index (χ3v) is 29.4. The lowest BCUT2D eigenvalue weighted by molar-refractivity contribution is -0.465. The van der Waals surface area contributed by atoms with Crippen LogP contribution < -0.4 is 0 Å². The molecule has 6 rings (SSSR count). The second kappa shape index (κ2) is 31.4. The maximum Gasteiger partial charge on any atom is 0.192 e. The molecule has 0 aromatic carbocycles. The topological polar surface area (TPSA) is 129 Å². The van der Waals surface area contributed by atoms with E-state index in [1.807, 2.05) is 6.08 Å². The zero-order valence-electron chi connectivity index (χ0n) is 50.8. The van der Waals surface area contributed by atoms with E-state index in [1.165, 1.54) is 67.2 Å². The maximum absolute atomic E-state index is 10.1. The highest BCUT2D eigenvalue weighted by atomic mass is 35.5. The Morgan fingerprint density at radius 2 is 1.17 bits per heavy atom. The van der Waals surface area contributed by atoms with Gasteiger partial charge in [0.1, 0.15) is 0 Å². The smallest absolute Gasteiger partial charge is 0.192 e. The molecule has 0 aromatic heterocycles. The van der Waals surface area contributed by atoms with Gasteiger partial charge in [-0.25, -0.2) is 10.5 Å². The van der Waals surface area contributed by atoms with Gasteiger partial charge < -0.3 is 24.2 Å². The Morgan fingerprint density at radius 1 is 0.680 bits per heavy atom. The predicted octanol–water partition coefficient (Wildman–Crippen LogP) is 18.3. The zero-order valence-corrected chi connectivity index (χ0v) is 54.3. The number of allylic oxidation sites excluding steroid dienone is 7. The highest BCUT2D eigenvalue weighted by Gasteiger charge is 2.53. The van der Waals surface area contributed by atoms with E-state index >= 15 is 0 Å². The lowest BCUT2D eigenvalue weighted by atomic mass is 9.61. The molecule has 0 radical (unpaired) electrons. The number of aliphatic hydroxyl groups is 3. The quantitative estimate of drug-likeness (QED) is 0.0430. The minimum absolute atomic E-state index is 0.0837. The SMILES string of the molecule is C=C1CCC(O[Si](C)(C)C(C)(C)C)C/C1=C/C=C1\CCC[C@@]2(C)C1CCC2C(C)/C=C/C(C)C(C)C.C=C1CCC(O[Si](C)(C)C(C)(C)C)C/C1=C/CO.CC(CO)C1CCC2[C@@H](O)CCC[C@]12C.ClCCl.OOO. The summed E-state index contributed by atoms with van der Waals surface area (Å²) < 4.78 is 13.3. The lowest BCUT2D eigenvalue weighted by Crippen LogP contribution is -2.44. The molecule has 0 bridgehead atoms. The van der Waals surface area contributed by atoms with Crippen LogP contribution >= 0.6 is 23.2 Å². The van der Waals surface area contributed by atoms with Crippen LogP contribution in [0.1, 0.15) is 193 Å². The predicted molar refractivity (Wildman–Crippen MR) is 325 cm³/mol. The normalized spacial score (nSPS) is 32.3. The standard InChI is InChI=1S/C34H58OSi.C15H28O2Si.C13H24O2.CH2Cl2.H2O3/c1-24(2)25(3)14-15-27(5)31-20-21-32-28(13-12-22-34(31,32)9)17-18-29-23-30(19-16-26(29)4)35-36(10,11)33(6,7)8;1-12-7-8-14(11-13(12)9-10-16)17-18(5,6)15(2,3)4;1-9(8-14)10-5-6-11-12(15)4-3-7-13(10,11)2;2-1-3;1-3-2/h14-15,17-18,24-25,27,30-32H,4,12-13,16,19-23H2,1-3,5-11H3;9,14,16H,1,7-8,10-11H2,2-6H3;9-12,14-15H,3-8H2,1-2H3;1H2;1-2H/b15-14+,28-17+,29-18-;13-9-;;;/t25?,27?,30?,31?,32?,34-;;9?,10?,11?,12-,13+;;/m1.0../s1. The fourth-order valence-corrected chi connectivity index (χ4v) is 16.0. The Hall–Kier alpha value is -0.866. The summed E-state index contributed by atoms with van der Waals surface area (Å²) in [5, 5.41) is 44.6. The van der Waals surface area contributed by atoms with Crippen LogP contribution in [0, 0.1) is 58.2 Å². The van der Waals surface area contributed by atoms with E-state index in [9.17, 15) is 10.2 Å². The van der Waals surface area contributed by atoms with Crippen LogP contribution in [0.15, 0.2) is 71.4 Å². The van der Waals surface area contributed by atoms with E-state index < -0.39 is 16.6 Å². The second-order valence-electron chi connectivity index (χ2n) is 27.6. The van der Waals surface area contributed by atoms with Crippen molar-refractivity contribution < 1.29 is 39.7 Å². The molecule has 0 aliphatic heterocycles. The summed E-state index contributed by atoms with van der Waals surface area (Å²) in [7, 11) is -3.43. The Kier molecular flexibility index (Phi) is 29.4. The second-order valence-corrected chi connectivity index (χ2v) is 37.9. The molecule has 5 N–H and O–H groups in total. The largest absolute Gasteiger partial charge is 0.414 e. The fraction of sp³-hybridized carbons (Fsp3) is 0.810. The van der Waals surface area contributed by atoms with E-state index in [-0.39, 0.29) is 28.1 Å². The van der Waals surface area contributed by atoms with Crippen LogP contribution in [-0.4, -0.2) is 79.3 Å². The zero-order chi connectivity index (χ0) is 57.3. The Bertz CT molecular complexity index is 1860. The van der Waals surface area contributed by atoms with Crippen LogP contribution in [0.2, 0.25) is 36.3 Å². The summed E-state index contributed by atoms with van der Waals surface area (Å²) >= 11 is 9.53. The van der Waals surface area contributed by atoms with Gasteiger partial charge in [-0.05, 0) is 202 Å². The van der Waals surface area contributed by atoms with Gasteiger partial charge in [-0.15, -0.1) is 23.2 Å². The number of hydrogen-bond donors (Lipinski definition) is 5. The summed E-state index contributed by atoms with van der Waals surface area (Å²) in [6.45, 7) is 48.8. The van der Waals surface area contributed by atoms with Gasteiger partial charge in [0.2, 0.25) is 0 Å². The van der Waals surface area contributed by atoms with Gasteiger partial charge in [0.05, 0.1) is 18.1 Å². The molecule has 436 valence electrons. The molecule has 12 heteroatoms. The molecular weight excluding hydrogens is 1010 g/mol. The highest BCUT2D eigenvalue weighted by molar-refractivity contribution is 6.74. The molecule has 0 spiro atoms. The number of rotatable bonds is 12. The van der Waals surface area contributed by atoms with Crippen LogP contribution in [0.3, 0.4) is 0 Å². The van der Waals surface area contributed by atoms with Gasteiger partial charge in [0.25, 0.3) is 0 Å². The summed E-state index contributed by atoms with van der Waals surface area (Å²) in [4.78, 5) is 0. The summed E-state index contributed by atoms with van der Waals surface area (Å²) in [5.74, 6) is 5.12. The Labute approximate surface area is 472 Å². The Morgan fingerprint density at radius 3 is 1.67 bits per heavy atom. The van der Waals surface area contributed by atoms with Crippen molar-refractivity contribution in [2.45, 2.75) is 247 Å². The maximum atomic E-state index is 10.1. The molecule has 6 aliphatic carbocycles. The van der Waals surface area contributed by atoms with Gasteiger partial charge in [0.15, 0.2) is 16.6 Å². The number of alkyl halides is 2. The molecule has 6 saturated carbocycles. The van der Waals surface area contributed by atoms with E-state index in [2.05, 4.69) is 159 Å². The summed E-state index contributed by atoms with van der Waals surface area (Å²) in [5.41, 5.74) is 7.59. The van der Waals surface area contributed by atoms with Crippen molar-refractivity contribution in [3.05, 3.63) is 71.4 Å². The first-order valence-corrected chi connectivity index (χ1v) is 36.1. The number of hydrogen-bond acceptors (Lipinski definition) is 8. The first-order chi connectivity index (χ1) is 34.7. The minimum Gasteiger partial charge on any atom is -0.414 e. The number of aliphatic hydroxyl groups excluding tert-OH is 3. The lowest BCUT2D eigenvalue weighted by Gasteiger charge is -2.45. The molecule has 9 unspecified atom stereocenters. The van der Waals surface area contributed by atoms with Crippen LogP contribution in [0.4, 0.5) is 0 Å². The van der Waals surface area contributed by atoms with Gasteiger partial charge >= 0.3 is 0 Å². The third kappa shape index (κ3) is 20.0.